The minimum absolute atomic E-state index is 0.151. The Bertz CT molecular complexity index is 1630. The Labute approximate surface area is 350 Å². The smallest absolute Gasteiger partial charge is 0.251 e. The molecule has 0 fully saturated rings. The van der Waals surface area contributed by atoms with Crippen molar-refractivity contribution in [2.24, 2.45) is 5.92 Å². The molecule has 4 aromatic rings. The second kappa shape index (κ2) is 30.9. The maximum atomic E-state index is 10.9. The molecule has 0 heterocycles. The zero-order valence-corrected chi connectivity index (χ0v) is 38.8. The van der Waals surface area contributed by atoms with Gasteiger partial charge in [0.05, 0.1) is 12.9 Å². The van der Waals surface area contributed by atoms with Gasteiger partial charge in [-0.1, -0.05) is 179 Å². The minimum atomic E-state index is -3.57. The molecule has 1 unspecified atom stereocenters. The Balaban J connectivity index is 0. The molecule has 0 aliphatic heterocycles. The van der Waals surface area contributed by atoms with E-state index in [1.54, 1.807) is 23.9 Å². The van der Waals surface area contributed by atoms with E-state index < -0.39 is 15.7 Å². The highest BCUT2D eigenvalue weighted by Crippen LogP contribution is 2.20. The Morgan fingerprint density at radius 2 is 0.944 bits per heavy atom. The lowest BCUT2D eigenvalue weighted by Gasteiger charge is -2.06. The van der Waals surface area contributed by atoms with Crippen molar-refractivity contribution in [2.45, 2.75) is 130 Å². The lowest BCUT2D eigenvalue weighted by atomic mass is 10.0. The number of hydrogen-bond donors (Lipinski definition) is 0. The third-order valence-electron chi connectivity index (χ3n) is 7.18. The lowest BCUT2D eigenvalue weighted by molar-refractivity contribution is 0.527. The molecule has 0 bridgehead atoms. The van der Waals surface area contributed by atoms with Crippen LogP contribution in [0, 0.1) is 5.92 Å². The number of halogens is 3. The van der Waals surface area contributed by atoms with E-state index in [2.05, 4.69) is 135 Å². The molecule has 0 saturated carbocycles. The van der Waals surface area contributed by atoms with Gasteiger partial charge in [0.1, 0.15) is 0 Å². The molecule has 4 rings (SSSR count). The second-order valence-corrected chi connectivity index (χ2v) is 19.3. The molecule has 0 N–H and O–H groups in total. The average molecular weight is 840 g/mol. The zero-order chi connectivity index (χ0) is 42.7. The van der Waals surface area contributed by atoms with Crippen LogP contribution >= 0.6 is 46.3 Å². The average Bonchev–Trinajstić information content (AvgIpc) is 3.11. The Hall–Kier alpha value is -2.22. The van der Waals surface area contributed by atoms with E-state index in [1.807, 2.05) is 26.8 Å². The van der Waals surface area contributed by atoms with Crippen molar-refractivity contribution in [3.8, 4) is 0 Å². The monoisotopic (exact) mass is 838 g/mol. The summed E-state index contributed by atoms with van der Waals surface area (Å²) >= 11 is 12.4. The van der Waals surface area contributed by atoms with Gasteiger partial charge < -0.3 is 0 Å². The molecule has 2 nitrogen and oxygen atoms in total. The van der Waals surface area contributed by atoms with Gasteiger partial charge in [-0.2, -0.15) is 0 Å². The maximum Gasteiger partial charge on any atom is 0.261 e. The molecular formula is C46H67Cl2FO2S3. The lowest BCUT2D eigenvalue weighted by Crippen LogP contribution is -1.92. The van der Waals surface area contributed by atoms with Crippen molar-refractivity contribution in [1.29, 1.82) is 0 Å². The van der Waals surface area contributed by atoms with E-state index in [0.717, 1.165) is 21.4 Å². The van der Waals surface area contributed by atoms with Crippen molar-refractivity contribution in [3.05, 3.63) is 137 Å². The molecule has 0 amide bonds. The first-order valence-corrected chi connectivity index (χ1v) is 22.8. The van der Waals surface area contributed by atoms with E-state index in [4.69, 9.17) is 35.9 Å². The topological polar surface area (TPSA) is 34.1 Å². The number of hydrogen-bond acceptors (Lipinski definition) is 4. The first-order valence-electron chi connectivity index (χ1n) is 19.1. The third-order valence-corrected chi connectivity index (χ3v) is 10.1. The van der Waals surface area contributed by atoms with Crippen LogP contribution in [0.1, 0.15) is 148 Å². The third kappa shape index (κ3) is 28.2. The van der Waals surface area contributed by atoms with Crippen molar-refractivity contribution < 1.29 is 14.2 Å². The number of thioether (sulfide) groups is 1. The second-order valence-electron chi connectivity index (χ2n) is 14.4. The first kappa shape index (κ1) is 51.8. The van der Waals surface area contributed by atoms with Crippen molar-refractivity contribution in [1.82, 2.24) is 0 Å². The fourth-order valence-corrected chi connectivity index (χ4v) is 5.72. The highest BCUT2D eigenvalue weighted by atomic mass is 35.7. The van der Waals surface area contributed by atoms with Crippen LogP contribution in [0.2, 0.25) is 0 Å². The van der Waals surface area contributed by atoms with Crippen molar-refractivity contribution in [3.63, 3.8) is 0 Å². The molecule has 1 atom stereocenters. The highest BCUT2D eigenvalue weighted by Gasteiger charge is 2.09. The van der Waals surface area contributed by atoms with Gasteiger partial charge in [0, 0.05) is 26.5 Å². The van der Waals surface area contributed by atoms with Crippen LogP contribution in [-0.2, 0) is 20.7 Å². The molecule has 0 aromatic heterocycles. The molecular weight excluding hydrogens is 771 g/mol. The number of rotatable bonds is 8. The maximum absolute atomic E-state index is 10.9. The Kier molecular flexibility index (Phi) is 29.7. The summed E-state index contributed by atoms with van der Waals surface area (Å²) in [6.45, 7) is 25.5. The quantitative estimate of drug-likeness (QED) is 0.101. The molecule has 0 aliphatic rings. The SMILES string of the molecule is CC(=S)SCc1ccc(C(C)C)cc1.CC(C)C.CC(C)c1ccc(CCl)cc1.CC(C)c1ccc(S(=O)(=O)Cl)cc1.CC(C)c1ccccc1.[3H]C(C)F. The van der Waals surface area contributed by atoms with Crippen molar-refractivity contribution >= 4 is 59.5 Å². The predicted octanol–water partition coefficient (Wildman–Crippen LogP) is 16.1. The molecule has 54 heavy (non-hydrogen) atoms. The minimum Gasteiger partial charge on any atom is -0.251 e. The fourth-order valence-electron chi connectivity index (χ4n) is 4.03. The molecule has 0 radical (unpaired) electrons. The number of alkyl halides is 2. The normalized spacial score (nSPS) is 11.3. The molecule has 0 spiro atoms. The predicted molar refractivity (Wildman–Crippen MR) is 246 cm³/mol. The van der Waals surface area contributed by atoms with Crippen LogP contribution in [0.15, 0.2) is 108 Å². The van der Waals surface area contributed by atoms with E-state index in [1.165, 1.54) is 46.9 Å². The number of thiocarbonyl (C=S) groups is 1. The molecule has 4 aromatic carbocycles. The van der Waals surface area contributed by atoms with E-state index >= 15 is 0 Å². The van der Waals surface area contributed by atoms with Crippen molar-refractivity contribution in [2.75, 3.05) is 6.65 Å². The molecule has 0 aliphatic carbocycles. The van der Waals surface area contributed by atoms with Gasteiger partial charge in [-0.05, 0) is 89.0 Å². The van der Waals surface area contributed by atoms with Gasteiger partial charge in [-0.3, -0.25) is 4.39 Å². The summed E-state index contributed by atoms with van der Waals surface area (Å²) in [5.41, 5.74) is 7.83. The van der Waals surface area contributed by atoms with E-state index in [9.17, 15) is 12.8 Å². The van der Waals surface area contributed by atoms with E-state index in [0.29, 0.717) is 29.6 Å². The largest absolute Gasteiger partial charge is 0.261 e. The van der Waals surface area contributed by atoms with Gasteiger partial charge in [0.2, 0.25) is 0 Å². The van der Waals surface area contributed by atoms with Crippen LogP contribution in [0.3, 0.4) is 0 Å². The summed E-state index contributed by atoms with van der Waals surface area (Å²) in [6, 6.07) is 34.4. The molecule has 8 heteroatoms. The summed E-state index contributed by atoms with van der Waals surface area (Å²) in [5, 5.41) is 0. The van der Waals surface area contributed by atoms with Gasteiger partial charge in [-0.25, -0.2) is 8.42 Å². The van der Waals surface area contributed by atoms with Crippen LogP contribution in [-0.4, -0.2) is 19.3 Å². The Morgan fingerprint density at radius 1 is 0.648 bits per heavy atom. The van der Waals surface area contributed by atoms with Gasteiger partial charge in [0.15, 0.2) is 0 Å². The number of benzene rings is 4. The molecule has 302 valence electrons. The van der Waals surface area contributed by atoms with Crippen LogP contribution in [0.4, 0.5) is 4.39 Å². The molecule has 0 saturated heterocycles. The zero-order valence-electron chi connectivity index (χ0n) is 35.9. The van der Waals surface area contributed by atoms with Gasteiger partial charge in [-0.15, -0.1) is 23.4 Å². The highest BCUT2D eigenvalue weighted by molar-refractivity contribution is 8.22. The van der Waals surface area contributed by atoms with E-state index in [-0.39, 0.29) is 4.90 Å². The van der Waals surface area contributed by atoms with Gasteiger partial charge in [0.25, 0.3) is 9.05 Å². The Morgan fingerprint density at radius 3 is 1.20 bits per heavy atom. The van der Waals surface area contributed by atoms with Gasteiger partial charge >= 0.3 is 0 Å². The summed E-state index contributed by atoms with van der Waals surface area (Å²) < 4.78 is 39.4. The summed E-state index contributed by atoms with van der Waals surface area (Å²) in [5.74, 6) is 4.72. The van der Waals surface area contributed by atoms with Crippen LogP contribution in [0.25, 0.3) is 0 Å². The van der Waals surface area contributed by atoms with Crippen LogP contribution in [0.5, 0.6) is 0 Å². The summed E-state index contributed by atoms with van der Waals surface area (Å²) in [6.07, 6.45) is 0. The fraction of sp³-hybridized carbons (Fsp3) is 0.457. The van der Waals surface area contributed by atoms with Crippen LogP contribution < -0.4 is 0 Å². The first-order chi connectivity index (χ1) is 25.5. The standard InChI is InChI=1S/C12H16S2.C10H13Cl.C9H11ClO2S.C9H12.C4H10.C2H5F/c1-9(2)12-6-4-11(5-7-12)8-14-10(3)13;1-8(2)10-5-3-9(7-11)4-6-10;1-7(2)8-3-5-9(6-4-8)13(10,11)12;1-8(2)9-6-4-3-5-7-9;1-4(2)3;1-2-3/h4-7,9H,8H2,1-3H3;3-6,8H,7H2,1-2H3;3-7H,1-2H3;3-8H,1-2H3;4H,1-3H3;2H2,1H3/i;;;;;2T. The summed E-state index contributed by atoms with van der Waals surface area (Å²) in [7, 11) is 1.59. The summed E-state index contributed by atoms with van der Waals surface area (Å²) in [4.78, 5) is 0.151.